The molecule has 1 N–H and O–H groups in total. The third-order valence-corrected chi connectivity index (χ3v) is 3.92. The van der Waals surface area contributed by atoms with Gasteiger partial charge in [0.2, 0.25) is 0 Å². The van der Waals surface area contributed by atoms with Crippen molar-refractivity contribution in [1.29, 1.82) is 0 Å². The van der Waals surface area contributed by atoms with Gasteiger partial charge in [0.05, 0.1) is 6.61 Å². The van der Waals surface area contributed by atoms with Crippen molar-refractivity contribution in [3.63, 3.8) is 0 Å². The summed E-state index contributed by atoms with van der Waals surface area (Å²) in [5.41, 5.74) is 1.94. The highest BCUT2D eigenvalue weighted by Gasteiger charge is 2.22. The van der Waals surface area contributed by atoms with Crippen LogP contribution in [0.5, 0.6) is 0 Å². The van der Waals surface area contributed by atoms with Gasteiger partial charge in [-0.1, -0.05) is 20.8 Å². The molecule has 1 aromatic rings. The molecule has 1 saturated heterocycles. The largest absolute Gasteiger partial charge is 0.392 e. The lowest BCUT2D eigenvalue weighted by molar-refractivity contribution is 0.0853. The van der Waals surface area contributed by atoms with Gasteiger partial charge in [0.1, 0.15) is 5.82 Å². The molecule has 2 heterocycles. The number of aliphatic hydroxyl groups excluding tert-OH is 1. The Kier molecular flexibility index (Phi) is 4.66. The molecule has 1 aliphatic heterocycles. The molecule has 0 aliphatic carbocycles. The monoisotopic (exact) mass is 278 g/mol. The Balaban J connectivity index is 2.29. The van der Waals surface area contributed by atoms with E-state index in [1.54, 1.807) is 0 Å². The minimum atomic E-state index is -0.0174. The summed E-state index contributed by atoms with van der Waals surface area (Å²) in [5.74, 6) is 0.952. The van der Waals surface area contributed by atoms with Crippen LogP contribution >= 0.6 is 0 Å². The molecule has 0 radical (unpaired) electrons. The second-order valence-electron chi connectivity index (χ2n) is 6.58. The standard InChI is InChI=1S/C16H26N2O2/c1-16(2,3)14-9-12(11-19)10-15(17-14)18(4)13-5-7-20-8-6-13/h9-10,13,19H,5-8,11H2,1-4H3. The molecule has 0 saturated carbocycles. The fourth-order valence-corrected chi connectivity index (χ4v) is 2.49. The van der Waals surface area contributed by atoms with E-state index in [2.05, 4.69) is 32.7 Å². The summed E-state index contributed by atoms with van der Waals surface area (Å²) in [5, 5.41) is 9.48. The molecule has 0 aromatic carbocycles. The van der Waals surface area contributed by atoms with Crippen LogP contribution in [0.25, 0.3) is 0 Å². The molecule has 1 aliphatic rings. The van der Waals surface area contributed by atoms with Gasteiger partial charge in [-0.15, -0.1) is 0 Å². The summed E-state index contributed by atoms with van der Waals surface area (Å²) >= 11 is 0. The molecule has 2 rings (SSSR count). The molecular weight excluding hydrogens is 252 g/mol. The molecule has 1 fully saturated rings. The summed E-state index contributed by atoms with van der Waals surface area (Å²) in [6.07, 6.45) is 2.07. The van der Waals surface area contributed by atoms with Crippen molar-refractivity contribution in [2.24, 2.45) is 0 Å². The normalized spacial score (nSPS) is 17.2. The molecule has 112 valence electrons. The smallest absolute Gasteiger partial charge is 0.129 e. The van der Waals surface area contributed by atoms with Crippen LogP contribution in [0.15, 0.2) is 12.1 Å². The summed E-state index contributed by atoms with van der Waals surface area (Å²) in [6, 6.07) is 4.46. The van der Waals surface area contributed by atoms with Gasteiger partial charge >= 0.3 is 0 Å². The van der Waals surface area contributed by atoms with Crippen molar-refractivity contribution >= 4 is 5.82 Å². The summed E-state index contributed by atoms with van der Waals surface area (Å²) in [4.78, 5) is 7.03. The lowest BCUT2D eigenvalue weighted by Gasteiger charge is -2.33. The minimum absolute atomic E-state index is 0.0174. The Morgan fingerprint density at radius 2 is 1.95 bits per heavy atom. The number of pyridine rings is 1. The number of nitrogens with zero attached hydrogens (tertiary/aromatic N) is 2. The van der Waals surface area contributed by atoms with Crippen LogP contribution in [0.2, 0.25) is 0 Å². The van der Waals surface area contributed by atoms with Gasteiger partial charge in [0.15, 0.2) is 0 Å². The number of aliphatic hydroxyl groups is 1. The van der Waals surface area contributed by atoms with Gasteiger partial charge in [-0.3, -0.25) is 0 Å². The Hall–Kier alpha value is -1.13. The SMILES string of the molecule is CN(c1cc(CO)cc(C(C)(C)C)n1)C1CCOCC1. The van der Waals surface area contributed by atoms with Crippen LogP contribution < -0.4 is 4.90 Å². The summed E-state index contributed by atoms with van der Waals surface area (Å²) < 4.78 is 5.42. The first kappa shape index (κ1) is 15.3. The van der Waals surface area contributed by atoms with Gasteiger partial charge in [0.25, 0.3) is 0 Å². The number of aromatic nitrogens is 1. The van der Waals surface area contributed by atoms with Gasteiger partial charge < -0.3 is 14.7 Å². The molecule has 0 amide bonds. The predicted molar refractivity (Wildman–Crippen MR) is 81.1 cm³/mol. The Labute approximate surface area is 121 Å². The van der Waals surface area contributed by atoms with E-state index in [0.717, 1.165) is 43.1 Å². The first-order valence-corrected chi connectivity index (χ1v) is 7.34. The second kappa shape index (κ2) is 6.10. The van der Waals surface area contributed by atoms with Crippen molar-refractivity contribution in [2.45, 2.75) is 51.7 Å². The third kappa shape index (κ3) is 3.49. The molecule has 4 heteroatoms. The fourth-order valence-electron chi connectivity index (χ4n) is 2.49. The number of ether oxygens (including phenoxy) is 1. The van der Waals surface area contributed by atoms with E-state index in [0.29, 0.717) is 6.04 Å². The van der Waals surface area contributed by atoms with Crippen LogP contribution in [-0.2, 0) is 16.8 Å². The van der Waals surface area contributed by atoms with Crippen molar-refractivity contribution in [3.05, 3.63) is 23.4 Å². The van der Waals surface area contributed by atoms with Crippen molar-refractivity contribution in [2.75, 3.05) is 25.2 Å². The van der Waals surface area contributed by atoms with Crippen LogP contribution in [-0.4, -0.2) is 36.4 Å². The molecule has 0 spiro atoms. The third-order valence-electron chi connectivity index (χ3n) is 3.92. The molecule has 1 aromatic heterocycles. The number of hydrogen-bond acceptors (Lipinski definition) is 4. The Bertz CT molecular complexity index is 448. The first-order chi connectivity index (χ1) is 9.41. The van der Waals surface area contributed by atoms with Gasteiger partial charge in [0, 0.05) is 37.4 Å². The van der Waals surface area contributed by atoms with Crippen molar-refractivity contribution < 1.29 is 9.84 Å². The highest BCUT2D eigenvalue weighted by Crippen LogP contribution is 2.26. The molecular formula is C16H26N2O2. The van der Waals surface area contributed by atoms with Gasteiger partial charge in [-0.2, -0.15) is 0 Å². The van der Waals surface area contributed by atoms with E-state index < -0.39 is 0 Å². The Morgan fingerprint density at radius 1 is 1.30 bits per heavy atom. The first-order valence-electron chi connectivity index (χ1n) is 7.34. The van der Waals surface area contributed by atoms with Crippen LogP contribution in [0, 0.1) is 0 Å². The predicted octanol–water partition coefficient (Wildman–Crippen LogP) is 2.49. The van der Waals surface area contributed by atoms with Crippen LogP contribution in [0.3, 0.4) is 0 Å². The zero-order chi connectivity index (χ0) is 14.8. The average molecular weight is 278 g/mol. The lowest BCUT2D eigenvalue weighted by atomic mass is 9.90. The highest BCUT2D eigenvalue weighted by molar-refractivity contribution is 5.44. The maximum Gasteiger partial charge on any atom is 0.129 e. The summed E-state index contributed by atoms with van der Waals surface area (Å²) in [7, 11) is 2.09. The van der Waals surface area contributed by atoms with E-state index in [-0.39, 0.29) is 12.0 Å². The zero-order valence-corrected chi connectivity index (χ0v) is 13.0. The maximum atomic E-state index is 9.48. The molecule has 0 bridgehead atoms. The second-order valence-corrected chi connectivity index (χ2v) is 6.58. The lowest BCUT2D eigenvalue weighted by Crippen LogP contribution is -2.37. The number of hydrogen-bond donors (Lipinski definition) is 1. The fraction of sp³-hybridized carbons (Fsp3) is 0.688. The Morgan fingerprint density at radius 3 is 2.50 bits per heavy atom. The van der Waals surface area contributed by atoms with Crippen LogP contribution in [0.1, 0.15) is 44.9 Å². The molecule has 20 heavy (non-hydrogen) atoms. The highest BCUT2D eigenvalue weighted by atomic mass is 16.5. The number of anilines is 1. The van der Waals surface area contributed by atoms with E-state index in [1.165, 1.54) is 0 Å². The van der Waals surface area contributed by atoms with E-state index in [9.17, 15) is 5.11 Å². The number of rotatable bonds is 3. The van der Waals surface area contributed by atoms with E-state index in [4.69, 9.17) is 9.72 Å². The quantitative estimate of drug-likeness (QED) is 0.922. The van der Waals surface area contributed by atoms with Gasteiger partial charge in [-0.05, 0) is 30.5 Å². The van der Waals surface area contributed by atoms with Crippen molar-refractivity contribution in [1.82, 2.24) is 4.98 Å². The topological polar surface area (TPSA) is 45.6 Å². The summed E-state index contributed by atoms with van der Waals surface area (Å²) in [6.45, 7) is 8.14. The average Bonchev–Trinajstić information content (AvgIpc) is 2.46. The van der Waals surface area contributed by atoms with Crippen LogP contribution in [0.4, 0.5) is 5.82 Å². The molecule has 0 unspecified atom stereocenters. The van der Waals surface area contributed by atoms with E-state index >= 15 is 0 Å². The zero-order valence-electron chi connectivity index (χ0n) is 13.0. The maximum absolute atomic E-state index is 9.48. The minimum Gasteiger partial charge on any atom is -0.392 e. The van der Waals surface area contributed by atoms with E-state index in [1.807, 2.05) is 12.1 Å². The molecule has 4 nitrogen and oxygen atoms in total. The van der Waals surface area contributed by atoms with Crippen molar-refractivity contribution in [3.8, 4) is 0 Å². The molecule has 0 atom stereocenters. The van der Waals surface area contributed by atoms with Gasteiger partial charge in [-0.25, -0.2) is 4.98 Å².